The first-order valence-corrected chi connectivity index (χ1v) is 7.44. The van der Waals surface area contributed by atoms with Crippen molar-refractivity contribution in [1.29, 1.82) is 0 Å². The van der Waals surface area contributed by atoms with Gasteiger partial charge in [0.15, 0.2) is 0 Å². The lowest BCUT2D eigenvalue weighted by molar-refractivity contribution is -0.0114. The van der Waals surface area contributed by atoms with Crippen LogP contribution in [-0.4, -0.2) is 43.1 Å². The number of aromatic hydroxyl groups is 1. The molecule has 0 saturated carbocycles. The smallest absolute Gasteiger partial charge is 0.243 e. The van der Waals surface area contributed by atoms with Gasteiger partial charge in [0.1, 0.15) is 5.75 Å². The SMILES string of the molecule is O=S(=O)(c1ccc(O)cc1)N1CC2CCC(C1)O2. The van der Waals surface area contributed by atoms with Gasteiger partial charge in [-0.15, -0.1) is 0 Å². The first-order chi connectivity index (χ1) is 8.55. The molecule has 2 aliphatic heterocycles. The molecule has 0 spiro atoms. The summed E-state index contributed by atoms with van der Waals surface area (Å²) in [5, 5.41) is 9.20. The van der Waals surface area contributed by atoms with E-state index in [9.17, 15) is 13.5 Å². The molecular formula is C12H15NO4S. The minimum Gasteiger partial charge on any atom is -0.508 e. The second kappa shape index (κ2) is 4.22. The van der Waals surface area contributed by atoms with E-state index in [1.54, 1.807) is 0 Å². The first-order valence-electron chi connectivity index (χ1n) is 6.00. The number of ether oxygens (including phenoxy) is 1. The summed E-state index contributed by atoms with van der Waals surface area (Å²) >= 11 is 0. The van der Waals surface area contributed by atoms with Crippen molar-refractivity contribution in [2.45, 2.75) is 29.9 Å². The van der Waals surface area contributed by atoms with Gasteiger partial charge in [-0.2, -0.15) is 4.31 Å². The van der Waals surface area contributed by atoms with E-state index >= 15 is 0 Å². The molecular weight excluding hydrogens is 254 g/mol. The number of morpholine rings is 1. The van der Waals surface area contributed by atoms with Gasteiger partial charge in [0.25, 0.3) is 0 Å². The Hall–Kier alpha value is -1.11. The summed E-state index contributed by atoms with van der Waals surface area (Å²) in [5.74, 6) is 0.0657. The van der Waals surface area contributed by atoms with E-state index in [-0.39, 0.29) is 22.9 Å². The van der Waals surface area contributed by atoms with Crippen molar-refractivity contribution in [3.63, 3.8) is 0 Å². The van der Waals surface area contributed by atoms with E-state index < -0.39 is 10.0 Å². The molecule has 3 rings (SSSR count). The second-order valence-electron chi connectivity index (χ2n) is 4.77. The zero-order valence-corrected chi connectivity index (χ0v) is 10.6. The van der Waals surface area contributed by atoms with Crippen molar-refractivity contribution in [2.24, 2.45) is 0 Å². The minimum absolute atomic E-state index is 0.0376. The lowest BCUT2D eigenvalue weighted by Gasteiger charge is -2.31. The van der Waals surface area contributed by atoms with Crippen LogP contribution in [0.5, 0.6) is 5.75 Å². The average Bonchev–Trinajstić information content (AvgIpc) is 2.68. The van der Waals surface area contributed by atoms with Crippen molar-refractivity contribution in [3.8, 4) is 5.75 Å². The van der Waals surface area contributed by atoms with Crippen LogP contribution in [0.1, 0.15) is 12.8 Å². The number of sulfonamides is 1. The van der Waals surface area contributed by atoms with Crippen molar-refractivity contribution < 1.29 is 18.3 Å². The van der Waals surface area contributed by atoms with Gasteiger partial charge in [-0.3, -0.25) is 0 Å². The third kappa shape index (κ3) is 2.00. The molecule has 2 bridgehead atoms. The topological polar surface area (TPSA) is 66.8 Å². The predicted molar refractivity (Wildman–Crippen MR) is 64.8 cm³/mol. The number of hydrogen-bond acceptors (Lipinski definition) is 4. The Kier molecular flexibility index (Phi) is 2.80. The largest absolute Gasteiger partial charge is 0.508 e. The summed E-state index contributed by atoms with van der Waals surface area (Å²) in [5.41, 5.74) is 0. The van der Waals surface area contributed by atoms with E-state index in [0.717, 1.165) is 12.8 Å². The van der Waals surface area contributed by atoms with Crippen LogP contribution in [0.2, 0.25) is 0 Å². The van der Waals surface area contributed by atoms with Crippen LogP contribution in [0.4, 0.5) is 0 Å². The van der Waals surface area contributed by atoms with Gasteiger partial charge in [-0.25, -0.2) is 8.42 Å². The standard InChI is InChI=1S/C12H15NO4S/c14-9-1-5-12(6-2-9)18(15,16)13-7-10-3-4-11(8-13)17-10/h1-2,5-6,10-11,14H,3-4,7-8H2. The zero-order chi connectivity index (χ0) is 12.8. The number of phenols is 1. The monoisotopic (exact) mass is 269 g/mol. The van der Waals surface area contributed by atoms with Crippen molar-refractivity contribution in [2.75, 3.05) is 13.1 Å². The number of hydrogen-bond donors (Lipinski definition) is 1. The number of fused-ring (bicyclic) bond motifs is 2. The fraction of sp³-hybridized carbons (Fsp3) is 0.500. The molecule has 98 valence electrons. The summed E-state index contributed by atoms with van der Waals surface area (Å²) in [7, 11) is -3.46. The number of benzene rings is 1. The van der Waals surface area contributed by atoms with Gasteiger partial charge in [0, 0.05) is 13.1 Å². The highest BCUT2D eigenvalue weighted by Gasteiger charge is 2.39. The van der Waals surface area contributed by atoms with Crippen LogP contribution in [0, 0.1) is 0 Å². The van der Waals surface area contributed by atoms with E-state index in [4.69, 9.17) is 4.74 Å². The Morgan fingerprint density at radius 1 is 1.11 bits per heavy atom. The lowest BCUT2D eigenvalue weighted by atomic mass is 10.2. The highest BCUT2D eigenvalue weighted by Crippen LogP contribution is 2.30. The second-order valence-corrected chi connectivity index (χ2v) is 6.71. The summed E-state index contributed by atoms with van der Waals surface area (Å²) in [6.45, 7) is 0.861. The Bertz CT molecular complexity index is 528. The average molecular weight is 269 g/mol. The zero-order valence-electron chi connectivity index (χ0n) is 9.82. The van der Waals surface area contributed by atoms with Gasteiger partial charge in [0.2, 0.25) is 10.0 Å². The molecule has 0 aliphatic carbocycles. The molecule has 6 heteroatoms. The maximum absolute atomic E-state index is 12.4. The highest BCUT2D eigenvalue weighted by molar-refractivity contribution is 7.89. The minimum atomic E-state index is -3.46. The summed E-state index contributed by atoms with van der Waals surface area (Å²) in [4.78, 5) is 0.224. The van der Waals surface area contributed by atoms with Gasteiger partial charge in [-0.05, 0) is 37.1 Å². The molecule has 2 fully saturated rings. The molecule has 2 atom stereocenters. The molecule has 2 heterocycles. The van der Waals surface area contributed by atoms with E-state index in [0.29, 0.717) is 13.1 Å². The van der Waals surface area contributed by atoms with Crippen LogP contribution in [0.3, 0.4) is 0 Å². The Labute approximate surface area is 106 Å². The first kappa shape index (κ1) is 12.0. The summed E-state index contributed by atoms with van der Waals surface area (Å²) in [6.07, 6.45) is 1.95. The number of phenolic OH excluding ortho intramolecular Hbond substituents is 1. The fourth-order valence-corrected chi connectivity index (χ4v) is 4.04. The number of nitrogens with zero attached hydrogens (tertiary/aromatic N) is 1. The van der Waals surface area contributed by atoms with Gasteiger partial charge in [-0.1, -0.05) is 0 Å². The summed E-state index contributed by atoms with van der Waals surface area (Å²) in [6, 6.07) is 5.65. The van der Waals surface area contributed by atoms with Crippen molar-refractivity contribution in [1.82, 2.24) is 4.31 Å². The normalized spacial score (nSPS) is 28.4. The Morgan fingerprint density at radius 2 is 1.67 bits per heavy atom. The molecule has 0 amide bonds. The third-order valence-corrected chi connectivity index (χ3v) is 5.33. The maximum Gasteiger partial charge on any atom is 0.243 e. The van der Waals surface area contributed by atoms with Gasteiger partial charge < -0.3 is 9.84 Å². The molecule has 1 aromatic carbocycles. The van der Waals surface area contributed by atoms with Crippen LogP contribution in [0.15, 0.2) is 29.2 Å². The predicted octanol–water partition coefficient (Wildman–Crippen LogP) is 0.944. The molecule has 1 N–H and O–H groups in total. The third-order valence-electron chi connectivity index (χ3n) is 3.48. The number of rotatable bonds is 2. The molecule has 2 aliphatic rings. The lowest BCUT2D eigenvalue weighted by Crippen LogP contribution is -2.45. The van der Waals surface area contributed by atoms with Crippen molar-refractivity contribution >= 4 is 10.0 Å². The molecule has 5 nitrogen and oxygen atoms in total. The van der Waals surface area contributed by atoms with Crippen LogP contribution in [0.25, 0.3) is 0 Å². The van der Waals surface area contributed by atoms with Crippen LogP contribution in [-0.2, 0) is 14.8 Å². The molecule has 2 unspecified atom stereocenters. The van der Waals surface area contributed by atoms with Crippen molar-refractivity contribution in [3.05, 3.63) is 24.3 Å². The fourth-order valence-electron chi connectivity index (χ4n) is 2.54. The van der Waals surface area contributed by atoms with Gasteiger partial charge in [0.05, 0.1) is 17.1 Å². The maximum atomic E-state index is 12.4. The van der Waals surface area contributed by atoms with E-state index in [1.165, 1.54) is 28.6 Å². The van der Waals surface area contributed by atoms with Crippen LogP contribution < -0.4 is 0 Å². The quantitative estimate of drug-likeness (QED) is 0.868. The molecule has 0 aromatic heterocycles. The molecule has 2 saturated heterocycles. The van der Waals surface area contributed by atoms with Gasteiger partial charge >= 0.3 is 0 Å². The van der Waals surface area contributed by atoms with E-state index in [1.807, 2.05) is 0 Å². The Balaban J connectivity index is 1.88. The molecule has 1 aromatic rings. The highest BCUT2D eigenvalue weighted by atomic mass is 32.2. The van der Waals surface area contributed by atoms with E-state index in [2.05, 4.69) is 0 Å². The molecule has 0 radical (unpaired) electrons. The molecule has 18 heavy (non-hydrogen) atoms. The van der Waals surface area contributed by atoms with Crippen LogP contribution >= 0.6 is 0 Å². The summed E-state index contributed by atoms with van der Waals surface area (Å²) < 4.78 is 31.9. The Morgan fingerprint density at radius 3 is 2.22 bits per heavy atom.